The first-order chi connectivity index (χ1) is 15.8. The van der Waals surface area contributed by atoms with Gasteiger partial charge in [0.2, 0.25) is 6.23 Å². The molecule has 1 aliphatic heterocycles. The molecule has 1 unspecified atom stereocenters. The minimum Gasteiger partial charge on any atom is -0.497 e. The monoisotopic (exact) mass is 523 g/mol. The number of hydrogen-bond acceptors (Lipinski definition) is 6. The molecule has 1 amide bonds. The largest absolute Gasteiger partial charge is 0.497 e. The number of amides is 1. The highest BCUT2D eigenvalue weighted by Gasteiger charge is 2.57. The Kier molecular flexibility index (Phi) is 8.74. The standard InChI is InChI=1S/C26H45NO6Si2/c1-18(28)31-24-22(33-35(11,12)26(5,6)7)21(32-34(9,10)25(2,3)4)23(29)27(24)17-19-13-15-20(30-8)16-14-19/h13-16,21-22,24H,17H2,1-12H3/t21-,22-,24?/m1/s1. The third-order valence-corrected chi connectivity index (χ3v) is 16.6. The molecule has 0 saturated carbocycles. The van der Waals surface area contributed by atoms with E-state index in [0.29, 0.717) is 0 Å². The second-order valence-corrected chi connectivity index (χ2v) is 22.0. The number of esters is 1. The molecule has 1 saturated heterocycles. The fourth-order valence-corrected chi connectivity index (χ4v) is 5.90. The van der Waals surface area contributed by atoms with Crippen LogP contribution in [0, 0.1) is 0 Å². The van der Waals surface area contributed by atoms with Crippen LogP contribution in [0.25, 0.3) is 0 Å². The van der Waals surface area contributed by atoms with Crippen molar-refractivity contribution in [2.45, 2.75) is 110 Å². The van der Waals surface area contributed by atoms with Crippen molar-refractivity contribution in [2.75, 3.05) is 7.11 Å². The van der Waals surface area contributed by atoms with Gasteiger partial charge in [-0.25, -0.2) is 0 Å². The van der Waals surface area contributed by atoms with Crippen molar-refractivity contribution in [3.8, 4) is 5.75 Å². The Morgan fingerprint density at radius 2 is 1.40 bits per heavy atom. The molecule has 0 N–H and O–H groups in total. The molecule has 7 nitrogen and oxygen atoms in total. The summed E-state index contributed by atoms with van der Waals surface area (Å²) in [6.45, 7) is 23.0. The quantitative estimate of drug-likeness (QED) is 0.321. The first-order valence-corrected chi connectivity index (χ1v) is 18.1. The van der Waals surface area contributed by atoms with E-state index in [2.05, 4.69) is 67.7 Å². The molecule has 3 atom stereocenters. The molecule has 0 radical (unpaired) electrons. The van der Waals surface area contributed by atoms with E-state index < -0.39 is 41.0 Å². The molecule has 0 spiro atoms. The van der Waals surface area contributed by atoms with Gasteiger partial charge in [-0.05, 0) is 54.0 Å². The summed E-state index contributed by atoms with van der Waals surface area (Å²) in [6.07, 6.45) is -2.42. The number of carbonyl (C=O) groups excluding carboxylic acids is 2. The van der Waals surface area contributed by atoms with Crippen LogP contribution in [0.4, 0.5) is 0 Å². The van der Waals surface area contributed by atoms with E-state index in [4.69, 9.17) is 18.3 Å². The summed E-state index contributed by atoms with van der Waals surface area (Å²) < 4.78 is 24.5. The summed E-state index contributed by atoms with van der Waals surface area (Å²) in [5, 5.41) is -0.198. The zero-order chi connectivity index (χ0) is 27.0. The molecule has 198 valence electrons. The van der Waals surface area contributed by atoms with E-state index in [1.54, 1.807) is 12.0 Å². The number of methoxy groups -OCH3 is 1. The maximum absolute atomic E-state index is 13.9. The Morgan fingerprint density at radius 1 is 0.914 bits per heavy atom. The van der Waals surface area contributed by atoms with Crippen molar-refractivity contribution in [1.82, 2.24) is 4.90 Å². The van der Waals surface area contributed by atoms with E-state index in [9.17, 15) is 9.59 Å². The minimum absolute atomic E-state index is 0.0955. The lowest BCUT2D eigenvalue weighted by molar-refractivity contribution is -0.164. The summed E-state index contributed by atoms with van der Waals surface area (Å²) in [5.74, 6) is 0.0660. The molecule has 1 aromatic rings. The number of likely N-dealkylation sites (tertiary alicyclic amines) is 1. The van der Waals surface area contributed by atoms with Crippen LogP contribution >= 0.6 is 0 Å². The van der Waals surface area contributed by atoms with Gasteiger partial charge < -0.3 is 18.3 Å². The molecule has 35 heavy (non-hydrogen) atoms. The Labute approximate surface area is 213 Å². The van der Waals surface area contributed by atoms with E-state index >= 15 is 0 Å². The number of carbonyl (C=O) groups is 2. The van der Waals surface area contributed by atoms with Crippen molar-refractivity contribution in [3.63, 3.8) is 0 Å². The summed E-state index contributed by atoms with van der Waals surface area (Å²) >= 11 is 0. The van der Waals surface area contributed by atoms with Gasteiger partial charge in [0.05, 0.1) is 7.11 Å². The van der Waals surface area contributed by atoms with Crippen LogP contribution < -0.4 is 4.74 Å². The topological polar surface area (TPSA) is 74.3 Å². The summed E-state index contributed by atoms with van der Waals surface area (Å²) in [4.78, 5) is 27.7. The lowest BCUT2D eigenvalue weighted by Gasteiger charge is -2.43. The zero-order valence-electron chi connectivity index (χ0n) is 23.6. The summed E-state index contributed by atoms with van der Waals surface area (Å²) in [7, 11) is -3.08. The van der Waals surface area contributed by atoms with Gasteiger partial charge in [-0.2, -0.15) is 0 Å². The SMILES string of the molecule is COc1ccc(CN2C(=O)[C@H](O[Si](C)(C)C(C)(C)C)[C@@H](O[Si](C)(C)C(C)(C)C)C2OC(C)=O)cc1. The average Bonchev–Trinajstić information content (AvgIpc) is 2.91. The molecule has 0 aliphatic carbocycles. The normalized spacial score (nSPS) is 21.9. The maximum Gasteiger partial charge on any atom is 0.304 e. The van der Waals surface area contributed by atoms with Gasteiger partial charge in [-0.3, -0.25) is 14.5 Å². The maximum atomic E-state index is 13.9. The molecule has 2 rings (SSSR count). The molecular weight excluding hydrogens is 478 g/mol. The fourth-order valence-electron chi connectivity index (χ4n) is 3.40. The lowest BCUT2D eigenvalue weighted by Crippen LogP contribution is -2.54. The number of ether oxygens (including phenoxy) is 2. The smallest absolute Gasteiger partial charge is 0.304 e. The molecule has 1 aromatic carbocycles. The number of benzene rings is 1. The highest BCUT2D eigenvalue weighted by Crippen LogP contribution is 2.43. The second-order valence-electron chi connectivity index (χ2n) is 12.5. The number of hydrogen-bond donors (Lipinski definition) is 0. The van der Waals surface area contributed by atoms with Gasteiger partial charge in [0.15, 0.2) is 22.7 Å². The third kappa shape index (κ3) is 6.75. The molecule has 1 aliphatic rings. The minimum atomic E-state index is -2.35. The molecule has 9 heteroatoms. The Hall–Kier alpha value is -1.69. The average molecular weight is 524 g/mol. The fraction of sp³-hybridized carbons (Fsp3) is 0.692. The number of nitrogens with zero attached hydrogens (tertiary/aromatic N) is 1. The third-order valence-electron chi connectivity index (χ3n) is 7.68. The molecule has 1 fully saturated rings. The van der Waals surface area contributed by atoms with Crippen LogP contribution in [0.2, 0.25) is 36.3 Å². The Bertz CT molecular complexity index is 902. The van der Waals surface area contributed by atoms with Crippen LogP contribution in [0.3, 0.4) is 0 Å². The van der Waals surface area contributed by atoms with Gasteiger partial charge in [0.25, 0.3) is 5.91 Å². The van der Waals surface area contributed by atoms with E-state index in [-0.39, 0.29) is 22.5 Å². The van der Waals surface area contributed by atoms with Gasteiger partial charge >= 0.3 is 5.97 Å². The Morgan fingerprint density at radius 3 is 1.83 bits per heavy atom. The highest BCUT2D eigenvalue weighted by molar-refractivity contribution is 6.74. The predicted octanol–water partition coefficient (Wildman–Crippen LogP) is 5.71. The van der Waals surface area contributed by atoms with Gasteiger partial charge in [0.1, 0.15) is 11.9 Å². The van der Waals surface area contributed by atoms with Crippen LogP contribution in [-0.4, -0.2) is 59.0 Å². The molecule has 0 aromatic heterocycles. The van der Waals surface area contributed by atoms with Crippen molar-refractivity contribution >= 4 is 28.5 Å². The van der Waals surface area contributed by atoms with Crippen LogP contribution in [0.15, 0.2) is 24.3 Å². The first-order valence-electron chi connectivity index (χ1n) is 12.3. The molecule has 0 bridgehead atoms. The summed E-state index contributed by atoms with van der Waals surface area (Å²) in [6, 6.07) is 7.51. The molecule has 1 heterocycles. The van der Waals surface area contributed by atoms with Crippen molar-refractivity contribution in [2.24, 2.45) is 0 Å². The van der Waals surface area contributed by atoms with Gasteiger partial charge in [-0.15, -0.1) is 0 Å². The van der Waals surface area contributed by atoms with E-state index in [1.807, 2.05) is 24.3 Å². The van der Waals surface area contributed by atoms with Crippen molar-refractivity contribution < 1.29 is 27.9 Å². The van der Waals surface area contributed by atoms with Crippen LogP contribution in [-0.2, 0) is 29.7 Å². The van der Waals surface area contributed by atoms with Crippen LogP contribution in [0.5, 0.6) is 5.75 Å². The van der Waals surface area contributed by atoms with Gasteiger partial charge in [-0.1, -0.05) is 53.7 Å². The second kappa shape index (κ2) is 10.4. The zero-order valence-corrected chi connectivity index (χ0v) is 25.6. The lowest BCUT2D eigenvalue weighted by atomic mass is 10.2. The first kappa shape index (κ1) is 29.5. The van der Waals surface area contributed by atoms with Crippen molar-refractivity contribution in [3.05, 3.63) is 29.8 Å². The molecular formula is C26H45NO6Si2. The summed E-state index contributed by atoms with van der Waals surface area (Å²) in [5.41, 5.74) is 0.898. The number of rotatable bonds is 8. The van der Waals surface area contributed by atoms with E-state index in [0.717, 1.165) is 11.3 Å². The predicted molar refractivity (Wildman–Crippen MR) is 143 cm³/mol. The highest BCUT2D eigenvalue weighted by atomic mass is 28.4. The van der Waals surface area contributed by atoms with E-state index in [1.165, 1.54) is 6.92 Å². The van der Waals surface area contributed by atoms with Crippen LogP contribution in [0.1, 0.15) is 54.0 Å². The van der Waals surface area contributed by atoms with Crippen molar-refractivity contribution in [1.29, 1.82) is 0 Å². The van der Waals surface area contributed by atoms with Gasteiger partial charge in [0, 0.05) is 13.5 Å². The Balaban J connectivity index is 2.54.